The molecule has 0 aliphatic carbocycles. The molecular weight excluding hydrogens is 374 g/mol. The highest BCUT2D eigenvalue weighted by atomic mass is 15.3. The number of hydrogen-bond acceptors (Lipinski definition) is 5. The summed E-state index contributed by atoms with van der Waals surface area (Å²) in [5.74, 6) is 0. The van der Waals surface area contributed by atoms with Gasteiger partial charge in [-0.3, -0.25) is 4.68 Å². The van der Waals surface area contributed by atoms with Crippen molar-refractivity contribution < 1.29 is 0 Å². The zero-order valence-electron chi connectivity index (χ0n) is 17.2. The molecule has 0 spiro atoms. The number of aromatic nitrogens is 4. The van der Waals surface area contributed by atoms with Crippen LogP contribution >= 0.6 is 0 Å². The molecule has 7 nitrogen and oxygen atoms in total. The quantitative estimate of drug-likeness (QED) is 0.532. The van der Waals surface area contributed by atoms with Crippen molar-refractivity contribution in [1.29, 1.82) is 5.26 Å². The van der Waals surface area contributed by atoms with Crippen LogP contribution in [-0.2, 0) is 7.05 Å². The summed E-state index contributed by atoms with van der Waals surface area (Å²) in [6.07, 6.45) is 5.48. The molecule has 1 fully saturated rings. The van der Waals surface area contributed by atoms with Gasteiger partial charge in [0, 0.05) is 62.4 Å². The van der Waals surface area contributed by atoms with Gasteiger partial charge < -0.3 is 9.80 Å². The van der Waals surface area contributed by atoms with E-state index in [9.17, 15) is 5.26 Å². The van der Waals surface area contributed by atoms with Gasteiger partial charge in [0.1, 0.15) is 6.07 Å². The molecule has 1 aliphatic rings. The first-order valence-corrected chi connectivity index (χ1v) is 10.1. The van der Waals surface area contributed by atoms with Crippen molar-refractivity contribution in [3.63, 3.8) is 0 Å². The molecule has 150 valence electrons. The third-order valence-corrected chi connectivity index (χ3v) is 5.79. The summed E-state index contributed by atoms with van der Waals surface area (Å²) >= 11 is 0. The Morgan fingerprint density at radius 3 is 2.40 bits per heavy atom. The van der Waals surface area contributed by atoms with Crippen molar-refractivity contribution in [2.45, 2.75) is 0 Å². The first kappa shape index (κ1) is 18.4. The number of anilines is 1. The van der Waals surface area contributed by atoms with E-state index in [0.29, 0.717) is 5.56 Å². The van der Waals surface area contributed by atoms with Crippen molar-refractivity contribution in [2.24, 2.45) is 7.05 Å². The molecule has 0 saturated carbocycles. The molecule has 30 heavy (non-hydrogen) atoms. The first-order chi connectivity index (χ1) is 14.6. The number of piperazine rings is 1. The number of likely N-dealkylation sites (N-methyl/N-ethyl adjacent to an activating group) is 1. The molecule has 1 aromatic carbocycles. The summed E-state index contributed by atoms with van der Waals surface area (Å²) in [5, 5.41) is 18.5. The molecule has 4 aromatic rings. The summed E-state index contributed by atoms with van der Waals surface area (Å²) in [6.45, 7) is 4.23. The Hall–Kier alpha value is -3.63. The molecule has 0 amide bonds. The van der Waals surface area contributed by atoms with Crippen LogP contribution in [-0.4, -0.2) is 57.5 Å². The number of benzene rings is 1. The van der Waals surface area contributed by atoms with Crippen LogP contribution in [0.2, 0.25) is 0 Å². The minimum atomic E-state index is 0.570. The molecule has 0 radical (unpaired) electrons. The molecule has 1 aliphatic heterocycles. The predicted molar refractivity (Wildman–Crippen MR) is 117 cm³/mol. The lowest BCUT2D eigenvalue weighted by Crippen LogP contribution is -2.44. The molecular formula is C23H23N7. The number of nitriles is 1. The zero-order chi connectivity index (χ0) is 20.7. The highest BCUT2D eigenvalue weighted by molar-refractivity contribution is 5.87. The van der Waals surface area contributed by atoms with E-state index in [4.69, 9.17) is 0 Å². The van der Waals surface area contributed by atoms with Crippen LogP contribution < -0.4 is 4.90 Å². The Morgan fingerprint density at radius 1 is 0.967 bits per heavy atom. The Balaban J connectivity index is 1.58. The maximum absolute atomic E-state index is 9.59. The van der Waals surface area contributed by atoms with Gasteiger partial charge >= 0.3 is 0 Å². The monoisotopic (exact) mass is 397 g/mol. The molecule has 3 aromatic heterocycles. The van der Waals surface area contributed by atoms with E-state index >= 15 is 0 Å². The SMILES string of the molecule is CN1CCN(c2ccc(-c3cc(-c4ccn(C)n4)cn4ncc(C#N)c34)cc2)CC1. The highest BCUT2D eigenvalue weighted by Crippen LogP contribution is 2.32. The second kappa shape index (κ2) is 7.32. The van der Waals surface area contributed by atoms with Crippen molar-refractivity contribution in [3.8, 4) is 28.5 Å². The molecule has 7 heteroatoms. The molecule has 5 rings (SSSR count). The second-order valence-corrected chi connectivity index (χ2v) is 7.82. The highest BCUT2D eigenvalue weighted by Gasteiger charge is 2.17. The summed E-state index contributed by atoms with van der Waals surface area (Å²) < 4.78 is 3.57. The van der Waals surface area contributed by atoms with Gasteiger partial charge in [-0.15, -0.1) is 0 Å². The third kappa shape index (κ3) is 3.21. The standard InChI is InChI=1S/C23H23N7/c1-27-9-11-29(12-10-27)20-5-3-17(4-6-20)21-13-18(22-7-8-28(2)26-22)16-30-23(21)19(14-24)15-25-30/h3-8,13,15-16H,9-12H2,1-2H3. The van der Waals surface area contributed by atoms with Gasteiger partial charge in [-0.25, -0.2) is 4.52 Å². The Labute approximate surface area is 175 Å². The lowest BCUT2D eigenvalue weighted by atomic mass is 10.0. The molecule has 0 unspecified atom stereocenters. The van der Waals surface area contributed by atoms with Crippen LogP contribution in [0.3, 0.4) is 0 Å². The number of aryl methyl sites for hydroxylation is 1. The van der Waals surface area contributed by atoms with Crippen LogP contribution in [0.15, 0.2) is 55.0 Å². The normalized spacial score (nSPS) is 14.9. The van der Waals surface area contributed by atoms with E-state index in [1.54, 1.807) is 15.4 Å². The second-order valence-electron chi connectivity index (χ2n) is 7.82. The predicted octanol–water partition coefficient (Wildman–Crippen LogP) is 3.03. The van der Waals surface area contributed by atoms with E-state index in [0.717, 1.165) is 54.1 Å². The lowest BCUT2D eigenvalue weighted by Gasteiger charge is -2.34. The average molecular weight is 397 g/mol. The topological polar surface area (TPSA) is 65.4 Å². The maximum Gasteiger partial charge on any atom is 0.103 e. The number of hydrogen-bond donors (Lipinski definition) is 0. The van der Waals surface area contributed by atoms with E-state index in [-0.39, 0.29) is 0 Å². The van der Waals surface area contributed by atoms with Gasteiger partial charge in [-0.2, -0.15) is 15.5 Å². The smallest absolute Gasteiger partial charge is 0.103 e. The van der Waals surface area contributed by atoms with Gasteiger partial charge in [-0.05, 0) is 36.9 Å². The zero-order valence-corrected chi connectivity index (χ0v) is 17.2. The number of fused-ring (bicyclic) bond motifs is 1. The summed E-state index contributed by atoms with van der Waals surface area (Å²) in [7, 11) is 4.07. The fourth-order valence-corrected chi connectivity index (χ4v) is 4.05. The fraction of sp³-hybridized carbons (Fsp3) is 0.261. The minimum absolute atomic E-state index is 0.570. The van der Waals surface area contributed by atoms with E-state index in [1.807, 2.05) is 25.5 Å². The van der Waals surface area contributed by atoms with Gasteiger partial charge in [0.15, 0.2) is 0 Å². The number of pyridine rings is 1. The minimum Gasteiger partial charge on any atom is -0.369 e. The Bertz CT molecular complexity index is 1240. The van der Waals surface area contributed by atoms with Crippen molar-refractivity contribution in [3.05, 3.63) is 60.6 Å². The Kier molecular flexibility index (Phi) is 4.49. The van der Waals surface area contributed by atoms with Gasteiger partial charge in [-0.1, -0.05) is 12.1 Å². The van der Waals surface area contributed by atoms with Crippen molar-refractivity contribution >= 4 is 11.2 Å². The van der Waals surface area contributed by atoms with E-state index < -0.39 is 0 Å². The van der Waals surface area contributed by atoms with Gasteiger partial charge in [0.2, 0.25) is 0 Å². The summed E-state index contributed by atoms with van der Waals surface area (Å²) in [5.41, 5.74) is 6.52. The molecule has 1 saturated heterocycles. The van der Waals surface area contributed by atoms with Crippen LogP contribution in [0.5, 0.6) is 0 Å². The fourth-order valence-electron chi connectivity index (χ4n) is 4.05. The van der Waals surface area contributed by atoms with Gasteiger partial charge in [0.05, 0.1) is 23.0 Å². The van der Waals surface area contributed by atoms with Crippen molar-refractivity contribution in [1.82, 2.24) is 24.3 Å². The number of nitrogens with zero attached hydrogens (tertiary/aromatic N) is 7. The average Bonchev–Trinajstić information content (AvgIpc) is 3.40. The van der Waals surface area contributed by atoms with Crippen molar-refractivity contribution in [2.75, 3.05) is 38.1 Å². The molecule has 0 atom stereocenters. The van der Waals surface area contributed by atoms with E-state index in [1.165, 1.54) is 5.69 Å². The molecule has 0 N–H and O–H groups in total. The van der Waals surface area contributed by atoms with Gasteiger partial charge in [0.25, 0.3) is 0 Å². The van der Waals surface area contributed by atoms with Crippen LogP contribution in [0.1, 0.15) is 5.56 Å². The molecule has 0 bridgehead atoms. The third-order valence-electron chi connectivity index (χ3n) is 5.79. The first-order valence-electron chi connectivity index (χ1n) is 10.1. The maximum atomic E-state index is 9.59. The van der Waals surface area contributed by atoms with Crippen LogP contribution in [0, 0.1) is 11.3 Å². The Morgan fingerprint density at radius 2 is 1.73 bits per heavy atom. The van der Waals surface area contributed by atoms with Crippen LogP contribution in [0.25, 0.3) is 27.9 Å². The lowest BCUT2D eigenvalue weighted by molar-refractivity contribution is 0.313. The van der Waals surface area contributed by atoms with E-state index in [2.05, 4.69) is 63.4 Å². The van der Waals surface area contributed by atoms with Crippen LogP contribution in [0.4, 0.5) is 5.69 Å². The number of rotatable bonds is 3. The largest absolute Gasteiger partial charge is 0.369 e. The summed E-state index contributed by atoms with van der Waals surface area (Å²) in [6, 6.07) is 15.0. The molecule has 4 heterocycles. The summed E-state index contributed by atoms with van der Waals surface area (Å²) in [4.78, 5) is 4.77.